The van der Waals surface area contributed by atoms with E-state index >= 15 is 0 Å². The number of urea groups is 1. The van der Waals surface area contributed by atoms with Crippen molar-refractivity contribution < 1.29 is 17.5 Å². The van der Waals surface area contributed by atoms with Gasteiger partial charge < -0.3 is 0 Å². The summed E-state index contributed by atoms with van der Waals surface area (Å²) in [4.78, 5) is 24.2. The van der Waals surface area contributed by atoms with Crippen LogP contribution < -0.4 is 9.55 Å². The van der Waals surface area contributed by atoms with Gasteiger partial charge in [0.25, 0.3) is 0 Å². The van der Waals surface area contributed by atoms with E-state index in [1.165, 1.54) is 23.2 Å². The molecule has 0 N–H and O–H groups in total. The number of aryl methyl sites for hydroxylation is 1. The molecule has 1 unspecified atom stereocenters. The molecule has 5 aromatic rings. The second-order valence-corrected chi connectivity index (χ2v) is 11.1. The van der Waals surface area contributed by atoms with Gasteiger partial charge in [0.1, 0.15) is 10.7 Å². The third-order valence-corrected chi connectivity index (χ3v) is 8.35. The SMILES string of the molecule is Cc1ccc(S(=O)(=O)O[N+]2(c3ccccc3Cl)C(=O)N(C)c3cnc4ccc(-c5cccnc5)cc4c32)cc1. The summed E-state index contributed by atoms with van der Waals surface area (Å²) in [5.41, 5.74) is 3.94. The van der Waals surface area contributed by atoms with Crippen LogP contribution in [0.1, 0.15) is 5.56 Å². The highest BCUT2D eigenvalue weighted by Gasteiger charge is 2.60. The first-order valence-electron chi connectivity index (χ1n) is 12.0. The van der Waals surface area contributed by atoms with Crippen LogP contribution >= 0.6 is 11.6 Å². The number of para-hydroxylation sites is 1. The van der Waals surface area contributed by atoms with E-state index in [9.17, 15) is 13.2 Å². The molecule has 0 fully saturated rings. The van der Waals surface area contributed by atoms with Gasteiger partial charge in [0.15, 0.2) is 0 Å². The van der Waals surface area contributed by atoms with Crippen LogP contribution in [0.15, 0.2) is 102 Å². The molecule has 2 aromatic heterocycles. The number of hydrogen-bond donors (Lipinski definition) is 0. The number of quaternary nitrogens is 1. The molecule has 6 rings (SSSR count). The van der Waals surface area contributed by atoms with Crippen LogP contribution in [-0.2, 0) is 14.4 Å². The number of carbonyl (C=O) groups excluding carboxylic acids is 1. The summed E-state index contributed by atoms with van der Waals surface area (Å²) in [5.74, 6) is 0. The Morgan fingerprint density at radius 1 is 0.923 bits per heavy atom. The van der Waals surface area contributed by atoms with Crippen molar-refractivity contribution in [3.63, 3.8) is 0 Å². The summed E-state index contributed by atoms with van der Waals surface area (Å²) in [5, 5.41) is 0.699. The van der Waals surface area contributed by atoms with Gasteiger partial charge >= 0.3 is 16.1 Å². The third-order valence-electron chi connectivity index (χ3n) is 6.76. The number of hydroxylamine groups is 1. The van der Waals surface area contributed by atoms with E-state index in [4.69, 9.17) is 15.9 Å². The first kappa shape index (κ1) is 25.1. The Bertz CT molecular complexity index is 1860. The predicted octanol–water partition coefficient (Wildman–Crippen LogP) is 6.79. The van der Waals surface area contributed by atoms with Gasteiger partial charge in [-0.2, -0.15) is 8.42 Å². The number of carbonyl (C=O) groups is 1. The smallest absolute Gasteiger partial charge is 0.264 e. The molecule has 0 bridgehead atoms. The molecule has 1 aliphatic heterocycles. The van der Waals surface area contributed by atoms with Crippen molar-refractivity contribution in [2.24, 2.45) is 0 Å². The Morgan fingerprint density at radius 2 is 1.69 bits per heavy atom. The van der Waals surface area contributed by atoms with Crippen LogP contribution in [-0.4, -0.2) is 31.5 Å². The van der Waals surface area contributed by atoms with Crippen molar-refractivity contribution in [2.45, 2.75) is 11.8 Å². The number of amides is 2. The standard InChI is InChI=1S/C29H22ClN4O4S/c1-19-9-12-22(13-10-19)39(36,37)38-34(27-8-4-3-7-24(27)30)28-23-16-20(21-6-5-15-31-17-21)11-14-25(23)32-18-26(28)33(2)29(34)35/h3-18H,1-2H3/q+1. The van der Waals surface area contributed by atoms with E-state index in [-0.39, 0.29) is 15.6 Å². The fourth-order valence-corrected chi connectivity index (χ4v) is 6.13. The zero-order valence-corrected chi connectivity index (χ0v) is 22.5. The third kappa shape index (κ3) is 3.98. The number of hydrogen-bond acceptors (Lipinski definition) is 6. The molecule has 8 nitrogen and oxygen atoms in total. The van der Waals surface area contributed by atoms with Crippen LogP contribution in [0.25, 0.3) is 22.0 Å². The molecule has 10 heteroatoms. The first-order valence-corrected chi connectivity index (χ1v) is 13.8. The minimum absolute atomic E-state index is 0.0871. The van der Waals surface area contributed by atoms with Gasteiger partial charge in [-0.05, 0) is 57.8 Å². The molecule has 0 spiro atoms. The Balaban J connectivity index is 1.69. The van der Waals surface area contributed by atoms with Crippen molar-refractivity contribution in [1.29, 1.82) is 0 Å². The highest BCUT2D eigenvalue weighted by molar-refractivity contribution is 7.86. The minimum Gasteiger partial charge on any atom is -0.264 e. The summed E-state index contributed by atoms with van der Waals surface area (Å²) in [6.45, 7) is 1.85. The van der Waals surface area contributed by atoms with Gasteiger partial charge in [-0.25, -0.2) is 4.79 Å². The molecule has 0 radical (unpaired) electrons. The molecule has 1 aliphatic rings. The summed E-state index contributed by atoms with van der Waals surface area (Å²) >= 11 is 6.66. The molecule has 3 heterocycles. The molecule has 194 valence electrons. The average molecular weight is 558 g/mol. The Kier molecular flexibility index (Phi) is 5.96. The van der Waals surface area contributed by atoms with Crippen LogP contribution in [0.4, 0.5) is 21.9 Å². The average Bonchev–Trinajstić information content (AvgIpc) is 3.16. The number of halogens is 1. The summed E-state index contributed by atoms with van der Waals surface area (Å²) < 4.78 is 32.5. The summed E-state index contributed by atoms with van der Waals surface area (Å²) in [6.07, 6.45) is 4.95. The van der Waals surface area contributed by atoms with Gasteiger partial charge in [0.05, 0.1) is 22.0 Å². The quantitative estimate of drug-likeness (QED) is 0.221. The maximum Gasteiger partial charge on any atom is 0.468 e. The van der Waals surface area contributed by atoms with E-state index in [0.717, 1.165) is 16.7 Å². The van der Waals surface area contributed by atoms with E-state index in [1.54, 1.807) is 55.8 Å². The Morgan fingerprint density at radius 3 is 2.41 bits per heavy atom. The van der Waals surface area contributed by atoms with Gasteiger partial charge in [-0.15, -0.1) is 0 Å². The summed E-state index contributed by atoms with van der Waals surface area (Å²) in [6, 6.07) is 21.4. The predicted molar refractivity (Wildman–Crippen MR) is 151 cm³/mol. The largest absolute Gasteiger partial charge is 0.468 e. The Hall–Kier alpha value is -4.15. The van der Waals surface area contributed by atoms with E-state index in [0.29, 0.717) is 22.3 Å². The fourth-order valence-electron chi connectivity index (χ4n) is 4.80. The fraction of sp³-hybridized carbons (Fsp3) is 0.0690. The van der Waals surface area contributed by atoms with Crippen LogP contribution in [0.3, 0.4) is 0 Å². The zero-order valence-electron chi connectivity index (χ0n) is 20.9. The number of benzene rings is 3. The lowest BCUT2D eigenvalue weighted by molar-refractivity contribution is 0.0640. The zero-order chi connectivity index (χ0) is 27.4. The lowest BCUT2D eigenvalue weighted by atomic mass is 10.0. The highest BCUT2D eigenvalue weighted by atomic mass is 35.5. The van der Waals surface area contributed by atoms with E-state index < -0.39 is 20.8 Å². The van der Waals surface area contributed by atoms with Gasteiger partial charge in [0, 0.05) is 31.1 Å². The lowest BCUT2D eigenvalue weighted by Gasteiger charge is -2.27. The van der Waals surface area contributed by atoms with Crippen LogP contribution in [0.2, 0.25) is 5.02 Å². The van der Waals surface area contributed by atoms with Crippen molar-refractivity contribution in [3.8, 4) is 11.1 Å². The number of rotatable bonds is 5. The molecule has 3 aromatic carbocycles. The molecule has 0 aliphatic carbocycles. The normalized spacial score (nSPS) is 17.0. The number of fused-ring (bicyclic) bond motifs is 3. The molecular formula is C29H22ClN4O4S+. The monoisotopic (exact) mass is 557 g/mol. The van der Waals surface area contributed by atoms with Crippen molar-refractivity contribution in [1.82, 2.24) is 14.6 Å². The molecule has 1 atom stereocenters. The number of nitrogens with zero attached hydrogens (tertiary/aromatic N) is 4. The van der Waals surface area contributed by atoms with Gasteiger partial charge in [-0.1, -0.05) is 53.6 Å². The molecule has 2 amide bonds. The van der Waals surface area contributed by atoms with Crippen molar-refractivity contribution in [3.05, 3.63) is 108 Å². The maximum absolute atomic E-state index is 14.2. The first-order chi connectivity index (χ1) is 18.7. The highest BCUT2D eigenvalue weighted by Crippen LogP contribution is 2.54. The minimum atomic E-state index is -4.48. The number of anilines is 1. The van der Waals surface area contributed by atoms with Crippen molar-refractivity contribution >= 4 is 55.7 Å². The topological polar surface area (TPSA) is 89.5 Å². The number of pyridine rings is 2. The van der Waals surface area contributed by atoms with Crippen LogP contribution in [0, 0.1) is 6.92 Å². The van der Waals surface area contributed by atoms with E-state index in [2.05, 4.69) is 9.97 Å². The number of aromatic nitrogens is 2. The Labute approximate surface area is 230 Å². The lowest BCUT2D eigenvalue weighted by Crippen LogP contribution is -2.51. The molecule has 0 saturated carbocycles. The molecule has 0 saturated heterocycles. The van der Waals surface area contributed by atoms with Gasteiger partial charge in [0.2, 0.25) is 11.4 Å². The van der Waals surface area contributed by atoms with Crippen LogP contribution in [0.5, 0.6) is 0 Å². The van der Waals surface area contributed by atoms with E-state index in [1.807, 2.05) is 37.3 Å². The molecule has 39 heavy (non-hydrogen) atoms. The van der Waals surface area contributed by atoms with Crippen molar-refractivity contribution in [2.75, 3.05) is 11.9 Å². The second kappa shape index (κ2) is 9.25. The maximum atomic E-state index is 14.2. The van der Waals surface area contributed by atoms with Gasteiger partial charge in [-0.3, -0.25) is 14.9 Å². The molecular weight excluding hydrogens is 536 g/mol. The second-order valence-electron chi connectivity index (χ2n) is 9.21. The summed E-state index contributed by atoms with van der Waals surface area (Å²) in [7, 11) is -2.92.